The standard InChI is InChI=1S/C23H43NO5/c1-5-6-7-8-9-10-11-12-13-14-15-16-20(25)17-23(28)29-21(18-22(26)27)19-24(2,3)4/h10-11,20-21,25H,5-9,12-19H2,1-4H3/b11-10-. The number of quaternary nitrogens is 1. The molecule has 0 spiro atoms. The molecule has 0 fully saturated rings. The van der Waals surface area contributed by atoms with E-state index in [0.717, 1.165) is 32.1 Å². The molecule has 2 unspecified atom stereocenters. The number of esters is 1. The van der Waals surface area contributed by atoms with E-state index in [0.29, 0.717) is 17.4 Å². The van der Waals surface area contributed by atoms with Crippen molar-refractivity contribution in [1.29, 1.82) is 0 Å². The normalized spacial score (nSPS) is 14.1. The second kappa shape index (κ2) is 16.4. The number of aliphatic carboxylic acids is 1. The summed E-state index contributed by atoms with van der Waals surface area (Å²) in [6.07, 6.45) is 13.5. The SMILES string of the molecule is CCCCCC/C=C\CCCCCC(O)CC(=O)OC(CC(=O)[O-])C[N+](C)(C)C. The first-order valence-corrected chi connectivity index (χ1v) is 11.2. The zero-order valence-corrected chi connectivity index (χ0v) is 19.0. The number of aliphatic hydroxyl groups is 1. The van der Waals surface area contributed by atoms with Crippen molar-refractivity contribution in [2.45, 2.75) is 96.2 Å². The Morgan fingerprint density at radius 3 is 2.07 bits per heavy atom. The third kappa shape index (κ3) is 19.7. The van der Waals surface area contributed by atoms with Crippen molar-refractivity contribution in [3.05, 3.63) is 12.2 Å². The number of nitrogens with zero attached hydrogens (tertiary/aromatic N) is 1. The van der Waals surface area contributed by atoms with Crippen LogP contribution in [0.5, 0.6) is 0 Å². The lowest BCUT2D eigenvalue weighted by Gasteiger charge is -2.29. The molecule has 0 aromatic carbocycles. The monoisotopic (exact) mass is 413 g/mol. The first-order valence-electron chi connectivity index (χ1n) is 11.2. The van der Waals surface area contributed by atoms with Crippen LogP contribution >= 0.6 is 0 Å². The first-order chi connectivity index (χ1) is 13.6. The smallest absolute Gasteiger partial charge is 0.308 e. The summed E-state index contributed by atoms with van der Waals surface area (Å²) in [4.78, 5) is 22.9. The van der Waals surface area contributed by atoms with Gasteiger partial charge in [-0.05, 0) is 32.1 Å². The number of allylic oxidation sites excluding steroid dienone is 2. The number of likely N-dealkylation sites (N-methyl/N-ethyl adjacent to an activating group) is 1. The molecule has 1 N–H and O–H groups in total. The highest BCUT2D eigenvalue weighted by molar-refractivity contribution is 5.71. The van der Waals surface area contributed by atoms with E-state index in [1.165, 1.54) is 25.7 Å². The molecule has 29 heavy (non-hydrogen) atoms. The third-order valence-electron chi connectivity index (χ3n) is 4.65. The lowest BCUT2D eigenvalue weighted by atomic mass is 10.1. The van der Waals surface area contributed by atoms with Gasteiger partial charge >= 0.3 is 5.97 Å². The molecule has 2 atom stereocenters. The number of unbranched alkanes of at least 4 members (excludes halogenated alkanes) is 7. The van der Waals surface area contributed by atoms with E-state index in [4.69, 9.17) is 4.74 Å². The number of carboxylic acid groups (broad SMARTS) is 1. The molecule has 0 aliphatic carbocycles. The molecule has 6 heteroatoms. The Morgan fingerprint density at radius 2 is 1.55 bits per heavy atom. The van der Waals surface area contributed by atoms with Crippen LogP contribution in [-0.4, -0.2) is 61.4 Å². The zero-order valence-electron chi connectivity index (χ0n) is 19.0. The van der Waals surface area contributed by atoms with Gasteiger partial charge in [-0.3, -0.25) is 4.79 Å². The van der Waals surface area contributed by atoms with Crippen LogP contribution in [0.2, 0.25) is 0 Å². The van der Waals surface area contributed by atoms with Crippen LogP contribution in [0, 0.1) is 0 Å². The molecule has 6 nitrogen and oxygen atoms in total. The Hall–Kier alpha value is -1.40. The topological polar surface area (TPSA) is 86.7 Å². The summed E-state index contributed by atoms with van der Waals surface area (Å²) in [7, 11) is 5.69. The van der Waals surface area contributed by atoms with Crippen molar-refractivity contribution in [2.75, 3.05) is 27.7 Å². The Kier molecular flexibility index (Phi) is 15.6. The Balaban J connectivity index is 3.91. The van der Waals surface area contributed by atoms with Gasteiger partial charge in [0.1, 0.15) is 6.54 Å². The average Bonchev–Trinajstić information content (AvgIpc) is 2.57. The molecule has 0 aromatic rings. The van der Waals surface area contributed by atoms with Crippen LogP contribution in [-0.2, 0) is 14.3 Å². The van der Waals surface area contributed by atoms with Crippen molar-refractivity contribution in [1.82, 2.24) is 0 Å². The minimum absolute atomic E-state index is 0.0989. The molecule has 0 radical (unpaired) electrons. The predicted molar refractivity (Wildman–Crippen MR) is 114 cm³/mol. The molecule has 0 bridgehead atoms. The fourth-order valence-electron chi connectivity index (χ4n) is 3.21. The molecular weight excluding hydrogens is 370 g/mol. The second-order valence-corrected chi connectivity index (χ2v) is 8.98. The molecule has 170 valence electrons. The van der Waals surface area contributed by atoms with E-state index in [1.807, 2.05) is 21.1 Å². The number of carboxylic acids is 1. The lowest BCUT2D eigenvalue weighted by molar-refractivity contribution is -0.873. The summed E-state index contributed by atoms with van der Waals surface area (Å²) in [5.41, 5.74) is 0. The number of aliphatic hydroxyl groups excluding tert-OH is 1. The fourth-order valence-corrected chi connectivity index (χ4v) is 3.21. The van der Waals surface area contributed by atoms with Gasteiger partial charge in [0, 0.05) is 12.4 Å². The summed E-state index contributed by atoms with van der Waals surface area (Å²) in [5, 5.41) is 20.9. The van der Waals surface area contributed by atoms with Crippen LogP contribution in [0.3, 0.4) is 0 Å². The Morgan fingerprint density at radius 1 is 0.966 bits per heavy atom. The molecule has 0 amide bonds. The van der Waals surface area contributed by atoms with Gasteiger partial charge in [-0.25, -0.2) is 0 Å². The summed E-state index contributed by atoms with van der Waals surface area (Å²) >= 11 is 0. The maximum atomic E-state index is 12.0. The summed E-state index contributed by atoms with van der Waals surface area (Å²) < 4.78 is 5.74. The van der Waals surface area contributed by atoms with Crippen molar-refractivity contribution in [2.24, 2.45) is 0 Å². The first kappa shape index (κ1) is 27.6. The number of ether oxygens (including phenoxy) is 1. The lowest BCUT2D eigenvalue weighted by Crippen LogP contribution is -2.45. The van der Waals surface area contributed by atoms with Crippen LogP contribution in [0.1, 0.15) is 84.0 Å². The number of rotatable bonds is 18. The van der Waals surface area contributed by atoms with Gasteiger partial charge in [0.25, 0.3) is 0 Å². The largest absolute Gasteiger partial charge is 0.550 e. The second-order valence-electron chi connectivity index (χ2n) is 8.98. The number of carbonyl (C=O) groups excluding carboxylic acids is 2. The van der Waals surface area contributed by atoms with Gasteiger partial charge < -0.3 is 24.2 Å². The molecule has 0 rings (SSSR count). The van der Waals surface area contributed by atoms with E-state index in [9.17, 15) is 19.8 Å². The minimum atomic E-state index is -1.24. The van der Waals surface area contributed by atoms with Crippen molar-refractivity contribution in [3.8, 4) is 0 Å². The molecule has 0 saturated carbocycles. The highest BCUT2D eigenvalue weighted by Crippen LogP contribution is 2.12. The zero-order chi connectivity index (χ0) is 22.1. The molecular formula is C23H43NO5. The van der Waals surface area contributed by atoms with E-state index >= 15 is 0 Å². The van der Waals surface area contributed by atoms with Crippen LogP contribution < -0.4 is 5.11 Å². The summed E-state index contributed by atoms with van der Waals surface area (Å²) in [5.74, 6) is -1.80. The fraction of sp³-hybridized carbons (Fsp3) is 0.826. The highest BCUT2D eigenvalue weighted by Gasteiger charge is 2.23. The maximum absolute atomic E-state index is 12.0. The predicted octanol–water partition coefficient (Wildman–Crippen LogP) is 2.97. The van der Waals surface area contributed by atoms with Crippen molar-refractivity contribution < 1.29 is 29.0 Å². The van der Waals surface area contributed by atoms with Crippen molar-refractivity contribution >= 4 is 11.9 Å². The number of hydrogen-bond acceptors (Lipinski definition) is 5. The van der Waals surface area contributed by atoms with Gasteiger partial charge in [-0.2, -0.15) is 0 Å². The Bertz CT molecular complexity index is 470. The van der Waals surface area contributed by atoms with Crippen LogP contribution in [0.25, 0.3) is 0 Å². The number of carbonyl (C=O) groups is 2. The van der Waals surface area contributed by atoms with Gasteiger partial charge in [-0.1, -0.05) is 51.2 Å². The summed E-state index contributed by atoms with van der Waals surface area (Å²) in [6.45, 7) is 2.60. The quantitative estimate of drug-likeness (QED) is 0.162. The van der Waals surface area contributed by atoms with E-state index in [-0.39, 0.29) is 12.8 Å². The number of hydrogen-bond donors (Lipinski definition) is 1. The molecule has 0 saturated heterocycles. The van der Waals surface area contributed by atoms with Gasteiger partial charge in [0.05, 0.1) is 33.7 Å². The van der Waals surface area contributed by atoms with Crippen molar-refractivity contribution in [3.63, 3.8) is 0 Å². The van der Waals surface area contributed by atoms with Gasteiger partial charge in [-0.15, -0.1) is 0 Å². The maximum Gasteiger partial charge on any atom is 0.308 e. The average molecular weight is 414 g/mol. The molecule has 0 aromatic heterocycles. The van der Waals surface area contributed by atoms with E-state index in [2.05, 4.69) is 19.1 Å². The minimum Gasteiger partial charge on any atom is -0.550 e. The molecule has 0 aliphatic heterocycles. The van der Waals surface area contributed by atoms with E-state index < -0.39 is 24.1 Å². The summed E-state index contributed by atoms with van der Waals surface area (Å²) in [6, 6.07) is 0. The molecule has 0 heterocycles. The van der Waals surface area contributed by atoms with Crippen LogP contribution in [0.4, 0.5) is 0 Å². The Labute approximate surface area is 177 Å². The van der Waals surface area contributed by atoms with Gasteiger partial charge in [0.2, 0.25) is 0 Å². The highest BCUT2D eigenvalue weighted by atomic mass is 16.5. The third-order valence-corrected chi connectivity index (χ3v) is 4.65. The molecule has 0 aliphatic rings. The van der Waals surface area contributed by atoms with Crippen LogP contribution in [0.15, 0.2) is 12.2 Å². The van der Waals surface area contributed by atoms with E-state index in [1.54, 1.807) is 0 Å². The van der Waals surface area contributed by atoms with Gasteiger partial charge in [0.15, 0.2) is 6.10 Å².